The summed E-state index contributed by atoms with van der Waals surface area (Å²) in [6.45, 7) is 0.330. The average molecular weight is 267 g/mol. The van der Waals surface area contributed by atoms with Gasteiger partial charge in [-0.1, -0.05) is 22.8 Å². The zero-order chi connectivity index (χ0) is 12.0. The van der Waals surface area contributed by atoms with Crippen molar-refractivity contribution in [2.75, 3.05) is 0 Å². The highest BCUT2D eigenvalue weighted by Gasteiger charge is 2.22. The number of nitrogens with two attached hydrogens (primary N) is 1. The van der Waals surface area contributed by atoms with Crippen LogP contribution in [0, 0.1) is 0 Å². The molecule has 0 radical (unpaired) electrons. The third kappa shape index (κ3) is 1.59. The maximum atomic E-state index is 11.2. The molecule has 0 atom stereocenters. The van der Waals surface area contributed by atoms with E-state index in [4.69, 9.17) is 22.2 Å². The molecule has 0 spiro atoms. The number of oxime groups is 1. The lowest BCUT2D eigenvalue weighted by atomic mass is 9.99. The average Bonchev–Trinajstić information content (AvgIpc) is 2.68. The number of amides is 1. The molecule has 1 aromatic heterocycles. The molecule has 1 aliphatic rings. The van der Waals surface area contributed by atoms with Gasteiger partial charge in [0.1, 0.15) is 6.61 Å². The van der Waals surface area contributed by atoms with Crippen LogP contribution in [0.2, 0.25) is 4.34 Å². The third-order valence-corrected chi connectivity index (χ3v) is 3.86. The van der Waals surface area contributed by atoms with E-state index >= 15 is 0 Å². The van der Waals surface area contributed by atoms with E-state index < -0.39 is 5.91 Å². The van der Waals surface area contributed by atoms with Crippen molar-refractivity contribution in [2.45, 2.75) is 6.61 Å². The summed E-state index contributed by atoms with van der Waals surface area (Å²) in [6.07, 6.45) is 0. The van der Waals surface area contributed by atoms with E-state index in [1.165, 1.54) is 11.3 Å². The fourth-order valence-corrected chi connectivity index (χ4v) is 3.08. The van der Waals surface area contributed by atoms with Gasteiger partial charge in [0.15, 0.2) is 5.71 Å². The van der Waals surface area contributed by atoms with Crippen LogP contribution in [0.5, 0.6) is 0 Å². The molecule has 86 valence electrons. The largest absolute Gasteiger partial charge is 0.390 e. The van der Waals surface area contributed by atoms with E-state index in [-0.39, 0.29) is 5.71 Å². The normalized spacial score (nSPS) is 14.1. The second kappa shape index (κ2) is 3.72. The minimum Gasteiger partial charge on any atom is -0.390 e. The zero-order valence-electron chi connectivity index (χ0n) is 8.57. The number of benzene rings is 1. The standard InChI is InChI=1S/C11H7ClN2O2S/c12-9-3-6-7-4-16-14-10(11(13)15)5(7)1-2-8(6)17-9/h1-3H,4H2,(H2,13,15). The Morgan fingerprint density at radius 3 is 3.12 bits per heavy atom. The summed E-state index contributed by atoms with van der Waals surface area (Å²) in [7, 11) is 0. The summed E-state index contributed by atoms with van der Waals surface area (Å²) < 4.78 is 1.76. The van der Waals surface area contributed by atoms with Crippen molar-refractivity contribution in [2.24, 2.45) is 10.9 Å². The fraction of sp³-hybridized carbons (Fsp3) is 0.0909. The highest BCUT2D eigenvalue weighted by Crippen LogP contribution is 2.34. The molecule has 4 nitrogen and oxygen atoms in total. The highest BCUT2D eigenvalue weighted by molar-refractivity contribution is 7.22. The SMILES string of the molecule is NC(=O)C1=NOCc2c1ccc1sc(Cl)cc21. The van der Waals surface area contributed by atoms with Crippen LogP contribution in [0.1, 0.15) is 11.1 Å². The fourth-order valence-electron chi connectivity index (χ4n) is 1.90. The number of rotatable bonds is 1. The molecule has 1 aliphatic heterocycles. The predicted molar refractivity (Wildman–Crippen MR) is 67.4 cm³/mol. The molecule has 0 aliphatic carbocycles. The Morgan fingerprint density at radius 1 is 1.53 bits per heavy atom. The van der Waals surface area contributed by atoms with E-state index in [1.54, 1.807) is 0 Å². The number of fused-ring (bicyclic) bond motifs is 3. The number of thiophene rings is 1. The Kier molecular flexibility index (Phi) is 2.31. The number of halogens is 1. The Morgan fingerprint density at radius 2 is 2.35 bits per heavy atom. The van der Waals surface area contributed by atoms with Gasteiger partial charge in [0.2, 0.25) is 0 Å². The van der Waals surface area contributed by atoms with Gasteiger partial charge in [0.05, 0.1) is 4.34 Å². The summed E-state index contributed by atoms with van der Waals surface area (Å²) in [4.78, 5) is 16.3. The molecule has 0 fully saturated rings. The van der Waals surface area contributed by atoms with Gasteiger partial charge in [-0.05, 0) is 12.1 Å². The van der Waals surface area contributed by atoms with Crippen LogP contribution in [0.4, 0.5) is 0 Å². The van der Waals surface area contributed by atoms with E-state index in [0.29, 0.717) is 10.9 Å². The van der Waals surface area contributed by atoms with Crippen molar-refractivity contribution in [3.63, 3.8) is 0 Å². The maximum absolute atomic E-state index is 11.2. The molecule has 0 saturated heterocycles. The lowest BCUT2D eigenvalue weighted by Crippen LogP contribution is -2.27. The van der Waals surface area contributed by atoms with E-state index in [9.17, 15) is 4.79 Å². The lowest BCUT2D eigenvalue weighted by Gasteiger charge is -2.15. The van der Waals surface area contributed by atoms with Gasteiger partial charge in [-0.3, -0.25) is 4.79 Å². The number of carbonyl (C=O) groups excluding carboxylic acids is 1. The van der Waals surface area contributed by atoms with Gasteiger partial charge in [-0.25, -0.2) is 0 Å². The van der Waals surface area contributed by atoms with Crippen LogP contribution in [-0.4, -0.2) is 11.6 Å². The van der Waals surface area contributed by atoms with Crippen molar-refractivity contribution in [3.05, 3.63) is 33.7 Å². The molecular weight excluding hydrogens is 260 g/mol. The Labute approximate surface area is 106 Å². The third-order valence-electron chi connectivity index (χ3n) is 2.64. The second-order valence-electron chi connectivity index (χ2n) is 3.63. The number of carbonyl (C=O) groups is 1. The molecule has 1 amide bonds. The smallest absolute Gasteiger partial charge is 0.271 e. The van der Waals surface area contributed by atoms with Crippen LogP contribution in [0.3, 0.4) is 0 Å². The summed E-state index contributed by atoms with van der Waals surface area (Å²) >= 11 is 7.47. The summed E-state index contributed by atoms with van der Waals surface area (Å²) in [6, 6.07) is 5.61. The molecular formula is C11H7ClN2O2S. The monoisotopic (exact) mass is 266 g/mol. The Hall–Kier alpha value is -1.59. The zero-order valence-corrected chi connectivity index (χ0v) is 10.1. The topological polar surface area (TPSA) is 64.7 Å². The van der Waals surface area contributed by atoms with Crippen molar-refractivity contribution >= 4 is 44.6 Å². The number of hydrogen-bond acceptors (Lipinski definition) is 4. The van der Waals surface area contributed by atoms with Gasteiger partial charge in [-0.15, -0.1) is 11.3 Å². The van der Waals surface area contributed by atoms with Crippen LogP contribution in [-0.2, 0) is 16.2 Å². The first kappa shape index (κ1) is 10.6. The molecule has 0 bridgehead atoms. The molecule has 6 heteroatoms. The molecule has 2 aromatic rings. The highest BCUT2D eigenvalue weighted by atomic mass is 35.5. The van der Waals surface area contributed by atoms with E-state index in [2.05, 4.69) is 5.16 Å². The first-order chi connectivity index (χ1) is 8.16. The molecule has 17 heavy (non-hydrogen) atoms. The van der Waals surface area contributed by atoms with Gasteiger partial charge in [0.25, 0.3) is 5.91 Å². The minimum atomic E-state index is -0.591. The Bertz CT molecular complexity index is 663. The quantitative estimate of drug-likeness (QED) is 0.861. The van der Waals surface area contributed by atoms with Crippen LogP contribution in [0.15, 0.2) is 23.4 Å². The number of primary amides is 1. The van der Waals surface area contributed by atoms with Crippen LogP contribution < -0.4 is 5.73 Å². The first-order valence-electron chi connectivity index (χ1n) is 4.88. The lowest BCUT2D eigenvalue weighted by molar-refractivity contribution is -0.112. The molecule has 0 saturated carbocycles. The predicted octanol–water partition coefficient (Wildman–Crippen LogP) is 2.27. The Balaban J connectivity index is 2.31. The van der Waals surface area contributed by atoms with Crippen LogP contribution in [0.25, 0.3) is 10.1 Å². The van der Waals surface area contributed by atoms with Crippen molar-refractivity contribution in [1.82, 2.24) is 0 Å². The molecule has 0 unspecified atom stereocenters. The maximum Gasteiger partial charge on any atom is 0.271 e. The van der Waals surface area contributed by atoms with Crippen molar-refractivity contribution < 1.29 is 9.63 Å². The van der Waals surface area contributed by atoms with Crippen molar-refractivity contribution in [3.8, 4) is 0 Å². The molecule has 2 N–H and O–H groups in total. The van der Waals surface area contributed by atoms with Crippen LogP contribution >= 0.6 is 22.9 Å². The van der Waals surface area contributed by atoms with Gasteiger partial charge < -0.3 is 10.6 Å². The molecule has 1 aromatic carbocycles. The second-order valence-corrected chi connectivity index (χ2v) is 5.35. The minimum absolute atomic E-state index is 0.162. The number of nitrogens with zero attached hydrogens (tertiary/aromatic N) is 1. The number of hydrogen-bond donors (Lipinski definition) is 1. The summed E-state index contributed by atoms with van der Waals surface area (Å²) in [5.74, 6) is -0.591. The summed E-state index contributed by atoms with van der Waals surface area (Å²) in [5.41, 5.74) is 7.06. The van der Waals surface area contributed by atoms with E-state index in [1.807, 2.05) is 18.2 Å². The van der Waals surface area contributed by atoms with Crippen molar-refractivity contribution in [1.29, 1.82) is 0 Å². The van der Waals surface area contributed by atoms with Gasteiger partial charge in [-0.2, -0.15) is 0 Å². The molecule has 2 heterocycles. The molecule has 3 rings (SSSR count). The van der Waals surface area contributed by atoms with Gasteiger partial charge in [0, 0.05) is 21.2 Å². The first-order valence-corrected chi connectivity index (χ1v) is 6.07. The summed E-state index contributed by atoms with van der Waals surface area (Å²) in [5, 5.41) is 4.69. The van der Waals surface area contributed by atoms with Gasteiger partial charge >= 0.3 is 0 Å². The van der Waals surface area contributed by atoms with E-state index in [0.717, 1.165) is 21.2 Å².